The third kappa shape index (κ3) is 5.24. The summed E-state index contributed by atoms with van der Waals surface area (Å²) in [5.74, 6) is -0.593. The second-order valence-corrected chi connectivity index (χ2v) is 8.61. The highest BCUT2D eigenvalue weighted by molar-refractivity contribution is 6.16. The first kappa shape index (κ1) is 28.2. The molecule has 208 valence electrons. The molecule has 0 fully saturated rings. The van der Waals surface area contributed by atoms with E-state index in [1.54, 1.807) is 6.07 Å². The molecule has 0 saturated carbocycles. The molecule has 1 amide bonds. The quantitative estimate of drug-likeness (QED) is 0.364. The zero-order valence-electron chi connectivity index (χ0n) is 19.4. The molecule has 1 aliphatic heterocycles. The lowest BCUT2D eigenvalue weighted by Gasteiger charge is -2.30. The molecule has 5 nitrogen and oxygen atoms in total. The molecule has 3 aromatic rings. The number of nitrogens with zero attached hydrogens (tertiary/aromatic N) is 1. The van der Waals surface area contributed by atoms with Crippen molar-refractivity contribution in [1.82, 2.24) is 5.32 Å². The van der Waals surface area contributed by atoms with Crippen LogP contribution in [0.3, 0.4) is 0 Å². The van der Waals surface area contributed by atoms with E-state index in [1.807, 2.05) is 0 Å². The molecule has 0 bridgehead atoms. The number of hydrogen-bond acceptors (Lipinski definition) is 4. The summed E-state index contributed by atoms with van der Waals surface area (Å²) in [5.41, 5.74) is -9.21. The van der Waals surface area contributed by atoms with Crippen LogP contribution in [0.15, 0.2) is 59.8 Å². The SMILES string of the molecule is O=C(NCCO)c1ccc(C2=NOC(c3cc(C(F)(F)F)cc(C(F)(F)F)c3)(C(F)(F)F)C2)c2ccccc12. The molecule has 1 atom stereocenters. The summed E-state index contributed by atoms with van der Waals surface area (Å²) in [6.45, 7) is -0.415. The number of fused-ring (bicyclic) bond motifs is 1. The first-order chi connectivity index (χ1) is 18.1. The van der Waals surface area contributed by atoms with E-state index in [0.717, 1.165) is 0 Å². The predicted molar refractivity (Wildman–Crippen MR) is 120 cm³/mol. The van der Waals surface area contributed by atoms with Gasteiger partial charge in [0.25, 0.3) is 11.5 Å². The van der Waals surface area contributed by atoms with E-state index in [-0.39, 0.29) is 53.3 Å². The zero-order valence-corrected chi connectivity index (χ0v) is 19.4. The highest BCUT2D eigenvalue weighted by Crippen LogP contribution is 2.51. The van der Waals surface area contributed by atoms with Gasteiger partial charge in [-0.05, 0) is 35.0 Å². The Morgan fingerprint density at radius 1 is 0.897 bits per heavy atom. The lowest BCUT2D eigenvalue weighted by atomic mass is 9.83. The molecule has 0 saturated heterocycles. The molecule has 39 heavy (non-hydrogen) atoms. The average molecular weight is 564 g/mol. The minimum Gasteiger partial charge on any atom is -0.395 e. The van der Waals surface area contributed by atoms with Crippen LogP contribution in [0.5, 0.6) is 0 Å². The molecule has 1 heterocycles. The van der Waals surface area contributed by atoms with Crippen molar-refractivity contribution in [2.24, 2.45) is 5.16 Å². The fourth-order valence-electron chi connectivity index (χ4n) is 4.25. The number of aliphatic hydroxyl groups is 1. The van der Waals surface area contributed by atoms with Gasteiger partial charge in [0.05, 0.1) is 23.4 Å². The Bertz CT molecular complexity index is 1410. The molecule has 2 N–H and O–H groups in total. The standard InChI is InChI=1S/C25H17F9N2O3/c26-23(27,28)14-9-13(10-15(11-14)24(29,30)31)22(25(32,33)34)12-20(36-39-22)18-5-6-19(21(38)35-7-8-37)17-4-2-1-3-16(17)18/h1-6,9-11,37H,7-8,12H2,(H,35,38). The van der Waals surface area contributed by atoms with Crippen LogP contribution in [-0.4, -0.2) is 36.1 Å². The highest BCUT2D eigenvalue weighted by Gasteiger charge is 2.63. The smallest absolute Gasteiger partial charge is 0.395 e. The number of halogens is 9. The predicted octanol–water partition coefficient (Wildman–Crippen LogP) is 6.18. The molecule has 4 rings (SSSR count). The van der Waals surface area contributed by atoms with Gasteiger partial charge < -0.3 is 15.3 Å². The molecule has 14 heteroatoms. The molecular weight excluding hydrogens is 547 g/mol. The number of carbonyl (C=O) groups is 1. The summed E-state index contributed by atoms with van der Waals surface area (Å²) in [7, 11) is 0. The van der Waals surface area contributed by atoms with Gasteiger partial charge in [-0.2, -0.15) is 39.5 Å². The van der Waals surface area contributed by atoms with E-state index in [2.05, 4.69) is 10.5 Å². The maximum atomic E-state index is 14.4. The number of amides is 1. The van der Waals surface area contributed by atoms with Crippen LogP contribution in [-0.2, 0) is 22.8 Å². The molecule has 0 spiro atoms. The van der Waals surface area contributed by atoms with Gasteiger partial charge in [-0.3, -0.25) is 4.79 Å². The first-order valence-electron chi connectivity index (χ1n) is 11.1. The van der Waals surface area contributed by atoms with E-state index in [1.165, 1.54) is 30.3 Å². The van der Waals surface area contributed by atoms with Crippen molar-refractivity contribution in [3.8, 4) is 0 Å². The van der Waals surface area contributed by atoms with E-state index >= 15 is 0 Å². The van der Waals surface area contributed by atoms with Crippen LogP contribution >= 0.6 is 0 Å². The van der Waals surface area contributed by atoms with Crippen molar-refractivity contribution < 1.29 is 54.3 Å². The van der Waals surface area contributed by atoms with E-state index in [0.29, 0.717) is 0 Å². The van der Waals surface area contributed by atoms with Crippen molar-refractivity contribution in [2.45, 2.75) is 30.6 Å². The molecule has 1 unspecified atom stereocenters. The Morgan fingerprint density at radius 3 is 2.03 bits per heavy atom. The lowest BCUT2D eigenvalue weighted by molar-refractivity contribution is -0.276. The summed E-state index contributed by atoms with van der Waals surface area (Å²) in [6, 6.07) is 8.17. The monoisotopic (exact) mass is 564 g/mol. The van der Waals surface area contributed by atoms with Gasteiger partial charge >= 0.3 is 18.5 Å². The molecule has 0 aromatic heterocycles. The summed E-state index contributed by atoms with van der Waals surface area (Å²) in [4.78, 5) is 17.2. The summed E-state index contributed by atoms with van der Waals surface area (Å²) < 4.78 is 124. The second-order valence-electron chi connectivity index (χ2n) is 8.61. The zero-order chi connectivity index (χ0) is 28.8. The van der Waals surface area contributed by atoms with Crippen LogP contribution in [0, 0.1) is 0 Å². The van der Waals surface area contributed by atoms with Gasteiger partial charge in [-0.15, -0.1) is 0 Å². The van der Waals surface area contributed by atoms with Crippen molar-refractivity contribution in [2.75, 3.05) is 13.2 Å². The maximum absolute atomic E-state index is 14.4. The summed E-state index contributed by atoms with van der Waals surface area (Å²) >= 11 is 0. The Morgan fingerprint density at radius 2 is 1.49 bits per heavy atom. The second kappa shape index (κ2) is 9.74. The molecule has 0 aliphatic carbocycles. The lowest BCUT2D eigenvalue weighted by Crippen LogP contribution is -2.43. The molecular formula is C25H17F9N2O3. The van der Waals surface area contributed by atoms with E-state index < -0.39 is 58.9 Å². The largest absolute Gasteiger partial charge is 0.435 e. The number of carbonyl (C=O) groups excluding carboxylic acids is 1. The third-order valence-electron chi connectivity index (χ3n) is 6.12. The van der Waals surface area contributed by atoms with Crippen LogP contribution in [0.25, 0.3) is 10.8 Å². The van der Waals surface area contributed by atoms with Crippen LogP contribution < -0.4 is 5.32 Å². The average Bonchev–Trinajstić information content (AvgIpc) is 3.32. The fraction of sp³-hybridized carbons (Fsp3) is 0.280. The van der Waals surface area contributed by atoms with Crippen molar-refractivity contribution >= 4 is 22.4 Å². The number of oxime groups is 1. The van der Waals surface area contributed by atoms with E-state index in [4.69, 9.17) is 9.94 Å². The topological polar surface area (TPSA) is 70.9 Å². The van der Waals surface area contributed by atoms with Crippen LogP contribution in [0.1, 0.15) is 39.0 Å². The minimum absolute atomic E-state index is 0.0263. The van der Waals surface area contributed by atoms with Gasteiger partial charge in [-0.25, -0.2) is 0 Å². The van der Waals surface area contributed by atoms with Gasteiger partial charge in [0.1, 0.15) is 0 Å². The number of aliphatic hydroxyl groups excluding tert-OH is 1. The maximum Gasteiger partial charge on any atom is 0.435 e. The number of hydrogen-bond donors (Lipinski definition) is 2. The summed E-state index contributed by atoms with van der Waals surface area (Å²) in [5, 5.41) is 15.3. The molecule has 0 radical (unpaired) electrons. The number of benzene rings is 3. The van der Waals surface area contributed by atoms with Crippen LogP contribution in [0.2, 0.25) is 0 Å². The van der Waals surface area contributed by atoms with Gasteiger partial charge in [-0.1, -0.05) is 35.5 Å². The van der Waals surface area contributed by atoms with Gasteiger partial charge in [0.2, 0.25) is 0 Å². The summed E-state index contributed by atoms with van der Waals surface area (Å²) in [6.07, 6.45) is -17.5. The Balaban J connectivity index is 1.84. The Labute approximate surface area is 213 Å². The molecule has 3 aromatic carbocycles. The number of nitrogens with one attached hydrogen (secondary N) is 1. The van der Waals surface area contributed by atoms with E-state index in [9.17, 15) is 44.3 Å². The van der Waals surface area contributed by atoms with Crippen molar-refractivity contribution in [1.29, 1.82) is 0 Å². The number of alkyl halides is 9. The van der Waals surface area contributed by atoms with Gasteiger partial charge in [0.15, 0.2) is 0 Å². The Kier molecular flexibility index (Phi) is 7.04. The number of rotatable bonds is 5. The minimum atomic E-state index is -5.48. The van der Waals surface area contributed by atoms with Gasteiger partial charge in [0, 0.05) is 29.7 Å². The Hall–Kier alpha value is -3.81. The first-order valence-corrected chi connectivity index (χ1v) is 11.1. The van der Waals surface area contributed by atoms with Crippen LogP contribution in [0.4, 0.5) is 39.5 Å². The normalized spacial score (nSPS) is 18.2. The molecule has 1 aliphatic rings. The van der Waals surface area contributed by atoms with Crippen molar-refractivity contribution in [3.63, 3.8) is 0 Å². The third-order valence-corrected chi connectivity index (χ3v) is 6.12. The highest BCUT2D eigenvalue weighted by atomic mass is 19.4. The fourth-order valence-corrected chi connectivity index (χ4v) is 4.25. The van der Waals surface area contributed by atoms with Crippen molar-refractivity contribution in [3.05, 3.63) is 82.4 Å².